The molecule has 1 aromatic carbocycles. The Balaban J connectivity index is 2.92. The van der Waals surface area contributed by atoms with Crippen LogP contribution in [0.1, 0.15) is 38.8 Å². The number of nitrogens with one attached hydrogen (secondary N) is 1. The third-order valence-electron chi connectivity index (χ3n) is 2.73. The lowest BCUT2D eigenvalue weighted by molar-refractivity contribution is 0.300. The Morgan fingerprint density at radius 3 is 2.72 bits per heavy atom. The van der Waals surface area contributed by atoms with Crippen LogP contribution in [0.4, 0.5) is 4.39 Å². The average molecular weight is 271 g/mol. The standard InChI is InChI=1S/C14H22FNOS/c1-4-8-16-11(3)14-12(15)6-5-7-13(14)18-10(2)9-17/h5-7,10-11,16-17H,4,8-9H2,1-3H3. The van der Waals surface area contributed by atoms with Gasteiger partial charge < -0.3 is 10.4 Å². The van der Waals surface area contributed by atoms with Crippen LogP contribution < -0.4 is 5.32 Å². The van der Waals surface area contributed by atoms with E-state index in [0.29, 0.717) is 5.56 Å². The molecule has 18 heavy (non-hydrogen) atoms. The highest BCUT2D eigenvalue weighted by Crippen LogP contribution is 2.32. The van der Waals surface area contributed by atoms with E-state index in [1.165, 1.54) is 17.8 Å². The monoisotopic (exact) mass is 271 g/mol. The lowest BCUT2D eigenvalue weighted by Crippen LogP contribution is -2.21. The second-order valence-electron chi connectivity index (χ2n) is 4.44. The normalized spacial score (nSPS) is 14.5. The predicted octanol–water partition coefficient (Wildman–Crippen LogP) is 3.36. The number of aliphatic hydroxyl groups is 1. The highest BCUT2D eigenvalue weighted by Gasteiger charge is 2.16. The van der Waals surface area contributed by atoms with E-state index in [4.69, 9.17) is 5.11 Å². The van der Waals surface area contributed by atoms with Crippen LogP contribution in [0.3, 0.4) is 0 Å². The minimum absolute atomic E-state index is 0.0143. The topological polar surface area (TPSA) is 32.3 Å². The van der Waals surface area contributed by atoms with Gasteiger partial charge in [0.15, 0.2) is 0 Å². The maximum Gasteiger partial charge on any atom is 0.129 e. The Hall–Kier alpha value is -0.580. The smallest absolute Gasteiger partial charge is 0.129 e. The average Bonchev–Trinajstić information content (AvgIpc) is 2.36. The van der Waals surface area contributed by atoms with Crippen LogP contribution in [0, 0.1) is 5.82 Å². The van der Waals surface area contributed by atoms with Crippen molar-refractivity contribution in [2.45, 2.75) is 43.4 Å². The maximum atomic E-state index is 14.0. The van der Waals surface area contributed by atoms with Crippen LogP contribution in [0.15, 0.2) is 23.1 Å². The maximum absolute atomic E-state index is 14.0. The molecule has 0 saturated carbocycles. The number of aliphatic hydroxyl groups excluding tert-OH is 1. The quantitative estimate of drug-likeness (QED) is 0.746. The van der Waals surface area contributed by atoms with Gasteiger partial charge in [0.1, 0.15) is 5.82 Å². The van der Waals surface area contributed by atoms with Gasteiger partial charge in [0.05, 0.1) is 6.61 Å². The lowest BCUT2D eigenvalue weighted by atomic mass is 10.1. The summed E-state index contributed by atoms with van der Waals surface area (Å²) in [7, 11) is 0. The number of hydrogen-bond acceptors (Lipinski definition) is 3. The summed E-state index contributed by atoms with van der Waals surface area (Å²) < 4.78 is 14.0. The molecule has 2 unspecified atom stereocenters. The molecule has 0 aromatic heterocycles. The molecule has 0 bridgehead atoms. The molecule has 0 aliphatic heterocycles. The fourth-order valence-corrected chi connectivity index (χ4v) is 2.82. The van der Waals surface area contributed by atoms with E-state index in [1.807, 2.05) is 19.9 Å². The van der Waals surface area contributed by atoms with Crippen molar-refractivity contribution in [3.05, 3.63) is 29.6 Å². The van der Waals surface area contributed by atoms with Gasteiger partial charge in [0, 0.05) is 21.8 Å². The minimum atomic E-state index is -0.179. The van der Waals surface area contributed by atoms with Crippen molar-refractivity contribution < 1.29 is 9.50 Å². The predicted molar refractivity (Wildman–Crippen MR) is 75.5 cm³/mol. The molecule has 0 fully saturated rings. The number of benzene rings is 1. The van der Waals surface area contributed by atoms with Crippen LogP contribution in [0.5, 0.6) is 0 Å². The summed E-state index contributed by atoms with van der Waals surface area (Å²) in [6.07, 6.45) is 1.02. The highest BCUT2D eigenvalue weighted by atomic mass is 32.2. The molecule has 0 radical (unpaired) electrons. The van der Waals surface area contributed by atoms with Crippen LogP contribution >= 0.6 is 11.8 Å². The van der Waals surface area contributed by atoms with E-state index < -0.39 is 0 Å². The molecule has 0 amide bonds. The molecular formula is C14H22FNOS. The minimum Gasteiger partial charge on any atom is -0.395 e. The molecule has 0 saturated heterocycles. The summed E-state index contributed by atoms with van der Waals surface area (Å²) in [6.45, 7) is 6.96. The fraction of sp³-hybridized carbons (Fsp3) is 0.571. The Morgan fingerprint density at radius 1 is 1.39 bits per heavy atom. The van der Waals surface area contributed by atoms with Gasteiger partial charge in [-0.3, -0.25) is 0 Å². The number of thioether (sulfide) groups is 1. The van der Waals surface area contributed by atoms with E-state index in [0.717, 1.165) is 17.9 Å². The molecule has 0 aliphatic carbocycles. The Labute approximate surface area is 113 Å². The third kappa shape index (κ3) is 4.26. The van der Waals surface area contributed by atoms with Crippen molar-refractivity contribution >= 4 is 11.8 Å². The summed E-state index contributed by atoms with van der Waals surface area (Å²) in [5.74, 6) is -0.179. The molecule has 0 heterocycles. The van der Waals surface area contributed by atoms with Crippen LogP contribution in [0.25, 0.3) is 0 Å². The van der Waals surface area contributed by atoms with Crippen LogP contribution in [0.2, 0.25) is 0 Å². The molecule has 0 aliphatic rings. The van der Waals surface area contributed by atoms with Crippen molar-refractivity contribution in [2.24, 2.45) is 0 Å². The Morgan fingerprint density at radius 2 is 2.11 bits per heavy atom. The van der Waals surface area contributed by atoms with Gasteiger partial charge in [0.2, 0.25) is 0 Å². The zero-order chi connectivity index (χ0) is 13.5. The molecule has 4 heteroatoms. The largest absolute Gasteiger partial charge is 0.395 e. The van der Waals surface area contributed by atoms with Gasteiger partial charge in [-0.15, -0.1) is 11.8 Å². The molecule has 2 atom stereocenters. The van der Waals surface area contributed by atoms with E-state index in [-0.39, 0.29) is 23.7 Å². The highest BCUT2D eigenvalue weighted by molar-refractivity contribution is 8.00. The first-order valence-electron chi connectivity index (χ1n) is 6.39. The molecule has 2 nitrogen and oxygen atoms in total. The zero-order valence-corrected chi connectivity index (χ0v) is 12.1. The lowest BCUT2D eigenvalue weighted by Gasteiger charge is -2.19. The van der Waals surface area contributed by atoms with Gasteiger partial charge in [-0.05, 0) is 32.0 Å². The Bertz CT molecular complexity index is 373. The molecule has 0 spiro atoms. The first kappa shape index (κ1) is 15.5. The number of rotatable bonds is 7. The summed E-state index contributed by atoms with van der Waals surface area (Å²) in [5, 5.41) is 12.5. The number of halogens is 1. The first-order valence-corrected chi connectivity index (χ1v) is 7.27. The number of hydrogen-bond donors (Lipinski definition) is 2. The fourth-order valence-electron chi connectivity index (χ4n) is 1.76. The van der Waals surface area contributed by atoms with Gasteiger partial charge >= 0.3 is 0 Å². The summed E-state index contributed by atoms with van der Waals surface area (Å²) in [6, 6.07) is 5.11. The van der Waals surface area contributed by atoms with Crippen molar-refractivity contribution in [3.63, 3.8) is 0 Å². The first-order chi connectivity index (χ1) is 8.60. The zero-order valence-electron chi connectivity index (χ0n) is 11.2. The van der Waals surface area contributed by atoms with Crippen molar-refractivity contribution in [2.75, 3.05) is 13.2 Å². The SMILES string of the molecule is CCCNC(C)c1c(F)cccc1SC(C)CO. The van der Waals surface area contributed by atoms with E-state index in [9.17, 15) is 4.39 Å². The molecule has 2 N–H and O–H groups in total. The van der Waals surface area contributed by atoms with Crippen molar-refractivity contribution in [1.82, 2.24) is 5.32 Å². The second-order valence-corrected chi connectivity index (χ2v) is 5.92. The van der Waals surface area contributed by atoms with Gasteiger partial charge in [-0.25, -0.2) is 4.39 Å². The molecule has 102 valence electrons. The summed E-state index contributed by atoms with van der Waals surface area (Å²) in [5.41, 5.74) is 0.705. The van der Waals surface area contributed by atoms with Gasteiger partial charge in [-0.2, -0.15) is 0 Å². The van der Waals surface area contributed by atoms with Gasteiger partial charge in [-0.1, -0.05) is 19.9 Å². The van der Waals surface area contributed by atoms with E-state index >= 15 is 0 Å². The summed E-state index contributed by atoms with van der Waals surface area (Å²) in [4.78, 5) is 0.910. The molecular weight excluding hydrogens is 249 g/mol. The van der Waals surface area contributed by atoms with Gasteiger partial charge in [0.25, 0.3) is 0 Å². The molecule has 1 aromatic rings. The second kappa shape index (κ2) is 7.77. The van der Waals surface area contributed by atoms with E-state index in [2.05, 4.69) is 12.2 Å². The van der Waals surface area contributed by atoms with E-state index in [1.54, 1.807) is 6.07 Å². The van der Waals surface area contributed by atoms with Crippen LogP contribution in [-0.4, -0.2) is 23.5 Å². The Kier molecular flexibility index (Phi) is 6.68. The van der Waals surface area contributed by atoms with Crippen LogP contribution in [-0.2, 0) is 0 Å². The van der Waals surface area contributed by atoms with Crippen molar-refractivity contribution in [1.29, 1.82) is 0 Å². The molecule has 1 rings (SSSR count). The van der Waals surface area contributed by atoms with Crippen molar-refractivity contribution in [3.8, 4) is 0 Å². The summed E-state index contributed by atoms with van der Waals surface area (Å²) >= 11 is 1.52. The third-order valence-corrected chi connectivity index (χ3v) is 3.89.